The second-order valence-corrected chi connectivity index (χ2v) is 13.6. The van der Waals surface area contributed by atoms with Gasteiger partial charge in [-0.1, -0.05) is 35.9 Å². The molecule has 3 aromatic heterocycles. The number of carbonyl (C=O) groups is 1. The number of benzene rings is 3. The van der Waals surface area contributed by atoms with Gasteiger partial charge < -0.3 is 24.8 Å². The van der Waals surface area contributed by atoms with Crippen LogP contribution in [0, 0.1) is 13.8 Å². The molecule has 0 saturated carbocycles. The van der Waals surface area contributed by atoms with Gasteiger partial charge in [0.15, 0.2) is 11.4 Å². The highest BCUT2D eigenvalue weighted by Crippen LogP contribution is 2.38. The van der Waals surface area contributed by atoms with Gasteiger partial charge in [-0.25, -0.2) is 9.97 Å². The number of oxazole rings is 1. The van der Waals surface area contributed by atoms with Gasteiger partial charge in [0.05, 0.1) is 17.5 Å². The number of halogens is 1. The average molecular weight is 691 g/mol. The summed E-state index contributed by atoms with van der Waals surface area (Å²) in [6.07, 6.45) is 4.33. The number of likely N-dealkylation sites (tertiary alicyclic amines) is 1. The SMILES string of the molecule is Cc1c(Nc2nccc3cc(CN4CCC(O)C4)cnc23)cccc1-c1cccc(-c2nc3cc(CN(C)CCC(=O)O)cc(Cl)c3o2)c1C. The maximum absolute atomic E-state index is 11.0. The van der Waals surface area contributed by atoms with E-state index < -0.39 is 5.97 Å². The van der Waals surface area contributed by atoms with E-state index in [1.54, 1.807) is 6.20 Å². The van der Waals surface area contributed by atoms with Crippen LogP contribution in [-0.4, -0.2) is 73.7 Å². The lowest BCUT2D eigenvalue weighted by Gasteiger charge is -2.17. The van der Waals surface area contributed by atoms with Crippen LogP contribution in [0.15, 0.2) is 77.5 Å². The minimum absolute atomic E-state index is 0.0687. The number of aliphatic hydroxyl groups is 1. The summed E-state index contributed by atoms with van der Waals surface area (Å²) in [5, 5.41) is 24.0. The van der Waals surface area contributed by atoms with E-state index in [9.17, 15) is 9.90 Å². The van der Waals surface area contributed by atoms with E-state index in [0.29, 0.717) is 47.5 Å². The molecule has 11 heteroatoms. The number of aromatic nitrogens is 3. The number of nitrogens with zero attached hydrogens (tertiary/aromatic N) is 5. The Kier molecular flexibility index (Phi) is 9.52. The Morgan fingerprint density at radius 2 is 1.82 bits per heavy atom. The van der Waals surface area contributed by atoms with E-state index in [4.69, 9.17) is 31.1 Å². The maximum Gasteiger partial charge on any atom is 0.304 e. The Morgan fingerprint density at radius 1 is 1.04 bits per heavy atom. The van der Waals surface area contributed by atoms with Crippen molar-refractivity contribution >= 4 is 51.1 Å². The van der Waals surface area contributed by atoms with E-state index in [1.165, 1.54) is 0 Å². The van der Waals surface area contributed by atoms with Gasteiger partial charge in [0.25, 0.3) is 0 Å². The van der Waals surface area contributed by atoms with Gasteiger partial charge in [0.1, 0.15) is 11.0 Å². The normalized spacial score (nSPS) is 15.0. The van der Waals surface area contributed by atoms with Crippen LogP contribution < -0.4 is 5.32 Å². The zero-order valence-corrected chi connectivity index (χ0v) is 29.0. The van der Waals surface area contributed by atoms with Crippen LogP contribution in [0.2, 0.25) is 5.02 Å². The number of hydrogen-bond donors (Lipinski definition) is 3. The van der Waals surface area contributed by atoms with Gasteiger partial charge in [-0.05, 0) is 97.1 Å². The molecular weight excluding hydrogens is 652 g/mol. The summed E-state index contributed by atoms with van der Waals surface area (Å²) in [7, 11) is 1.88. The monoisotopic (exact) mass is 690 g/mol. The first-order chi connectivity index (χ1) is 24.1. The molecule has 0 radical (unpaired) electrons. The number of anilines is 2. The molecule has 0 bridgehead atoms. The molecule has 256 valence electrons. The molecular formula is C39H39ClN6O4. The van der Waals surface area contributed by atoms with E-state index in [-0.39, 0.29) is 12.5 Å². The fraction of sp³-hybridized carbons (Fsp3) is 0.282. The Morgan fingerprint density at radius 3 is 2.60 bits per heavy atom. The van der Waals surface area contributed by atoms with Crippen molar-refractivity contribution in [2.75, 3.05) is 32.0 Å². The van der Waals surface area contributed by atoms with Crippen molar-refractivity contribution in [1.29, 1.82) is 0 Å². The Hall–Kier alpha value is -4.87. The quantitative estimate of drug-likeness (QED) is 0.125. The molecule has 1 aliphatic rings. The zero-order chi connectivity index (χ0) is 34.9. The predicted molar refractivity (Wildman–Crippen MR) is 197 cm³/mol. The lowest BCUT2D eigenvalue weighted by Crippen LogP contribution is -2.21. The van der Waals surface area contributed by atoms with Gasteiger partial charge in [-0.15, -0.1) is 0 Å². The molecule has 10 nitrogen and oxygen atoms in total. The molecule has 3 N–H and O–H groups in total. The summed E-state index contributed by atoms with van der Waals surface area (Å²) < 4.78 is 6.24. The third-order valence-electron chi connectivity index (χ3n) is 9.42. The summed E-state index contributed by atoms with van der Waals surface area (Å²) in [6, 6.07) is 20.2. The van der Waals surface area contributed by atoms with Gasteiger partial charge >= 0.3 is 5.97 Å². The van der Waals surface area contributed by atoms with E-state index in [0.717, 1.165) is 75.0 Å². The summed E-state index contributed by atoms with van der Waals surface area (Å²) in [5.41, 5.74) is 10.0. The van der Waals surface area contributed by atoms with Gasteiger partial charge in [0, 0.05) is 61.8 Å². The average Bonchev–Trinajstić information content (AvgIpc) is 3.71. The molecule has 1 aliphatic heterocycles. The van der Waals surface area contributed by atoms with Crippen molar-refractivity contribution in [3.05, 3.63) is 100 Å². The number of rotatable bonds is 11. The summed E-state index contributed by atoms with van der Waals surface area (Å²) in [6.45, 7) is 7.48. The van der Waals surface area contributed by atoms with Crippen molar-refractivity contribution in [1.82, 2.24) is 24.8 Å². The van der Waals surface area contributed by atoms with E-state index in [1.807, 2.05) is 60.6 Å². The molecule has 6 aromatic rings. The van der Waals surface area contributed by atoms with E-state index >= 15 is 0 Å². The number of fused-ring (bicyclic) bond motifs is 2. The minimum Gasteiger partial charge on any atom is -0.481 e. The number of aliphatic carboxylic acids is 1. The number of carboxylic acids is 1. The largest absolute Gasteiger partial charge is 0.481 e. The molecule has 1 atom stereocenters. The van der Waals surface area contributed by atoms with Crippen molar-refractivity contribution < 1.29 is 19.4 Å². The molecule has 7 rings (SSSR count). The highest BCUT2D eigenvalue weighted by atomic mass is 35.5. The topological polar surface area (TPSA) is 128 Å². The predicted octanol–water partition coefficient (Wildman–Crippen LogP) is 7.59. The summed E-state index contributed by atoms with van der Waals surface area (Å²) >= 11 is 6.66. The second kappa shape index (κ2) is 14.2. The molecule has 0 aliphatic carbocycles. The van der Waals surface area contributed by atoms with E-state index in [2.05, 4.69) is 47.2 Å². The van der Waals surface area contributed by atoms with Gasteiger partial charge in [-0.2, -0.15) is 0 Å². The highest BCUT2D eigenvalue weighted by molar-refractivity contribution is 6.34. The van der Waals surface area contributed by atoms with Crippen molar-refractivity contribution in [2.45, 2.75) is 45.9 Å². The molecule has 4 heterocycles. The number of hydrogen-bond acceptors (Lipinski definition) is 9. The van der Waals surface area contributed by atoms with Crippen LogP contribution in [0.25, 0.3) is 44.6 Å². The minimum atomic E-state index is -0.827. The van der Waals surface area contributed by atoms with Crippen LogP contribution in [-0.2, 0) is 17.9 Å². The fourth-order valence-corrected chi connectivity index (χ4v) is 7.05. The van der Waals surface area contributed by atoms with Gasteiger partial charge in [-0.3, -0.25) is 14.7 Å². The maximum atomic E-state index is 11.0. The third-order valence-corrected chi connectivity index (χ3v) is 9.70. The standard InChI is InChI=1S/C39H39ClN6O4/c1-23-29(6-4-8-31(23)39-44-34-18-25(17-32(40)37(34)50-39)20-45(3)14-12-35(48)49)30-7-5-9-33(24(30)2)43-38-36-27(10-13-41-38)16-26(19-42-36)21-46-15-11-28(47)22-46/h4-10,13,16-19,28,47H,11-12,14-15,20-22H2,1-3H3,(H,41,43)(H,48,49). The third kappa shape index (κ3) is 7.06. The van der Waals surface area contributed by atoms with Crippen LogP contribution >= 0.6 is 11.6 Å². The Bertz CT molecular complexity index is 2220. The Labute approximate surface area is 295 Å². The van der Waals surface area contributed by atoms with Crippen molar-refractivity contribution in [3.8, 4) is 22.6 Å². The summed E-state index contributed by atoms with van der Waals surface area (Å²) in [4.78, 5) is 29.5. The highest BCUT2D eigenvalue weighted by Gasteiger charge is 2.21. The van der Waals surface area contributed by atoms with Crippen LogP contribution in [0.5, 0.6) is 0 Å². The van der Waals surface area contributed by atoms with Crippen LogP contribution in [0.1, 0.15) is 35.1 Å². The summed E-state index contributed by atoms with van der Waals surface area (Å²) in [5.74, 6) is 0.342. The van der Waals surface area contributed by atoms with Gasteiger partial charge in [0.2, 0.25) is 5.89 Å². The lowest BCUT2D eigenvalue weighted by atomic mass is 9.93. The molecule has 0 spiro atoms. The first-order valence-electron chi connectivity index (χ1n) is 16.7. The smallest absolute Gasteiger partial charge is 0.304 e. The fourth-order valence-electron chi connectivity index (χ4n) is 6.78. The first-order valence-corrected chi connectivity index (χ1v) is 17.1. The molecule has 1 unspecified atom stereocenters. The number of pyridine rings is 2. The zero-order valence-electron chi connectivity index (χ0n) is 28.3. The molecule has 1 saturated heterocycles. The molecule has 0 amide bonds. The lowest BCUT2D eigenvalue weighted by molar-refractivity contribution is -0.137. The molecule has 3 aromatic carbocycles. The van der Waals surface area contributed by atoms with Crippen LogP contribution in [0.4, 0.5) is 11.5 Å². The Balaban J connectivity index is 1.15. The molecule has 1 fully saturated rings. The van der Waals surface area contributed by atoms with Crippen molar-refractivity contribution in [2.24, 2.45) is 0 Å². The second-order valence-electron chi connectivity index (χ2n) is 13.2. The number of carboxylic acid groups (broad SMARTS) is 1. The first kappa shape index (κ1) is 33.6. The molecule has 50 heavy (non-hydrogen) atoms. The number of β-amino-alcohol motifs (C(OH)–C–C–N with tert-alkyl or cyclic N) is 1. The number of aliphatic hydroxyl groups excluding tert-OH is 1. The number of nitrogens with one attached hydrogen (secondary N) is 1. The van der Waals surface area contributed by atoms with Crippen molar-refractivity contribution in [3.63, 3.8) is 0 Å². The van der Waals surface area contributed by atoms with Crippen LogP contribution in [0.3, 0.4) is 0 Å².